The van der Waals surface area contributed by atoms with Crippen molar-refractivity contribution >= 4 is 65.4 Å². The molecule has 0 bridgehead atoms. The van der Waals surface area contributed by atoms with Gasteiger partial charge in [0.05, 0.1) is 11.0 Å². The van der Waals surface area contributed by atoms with Crippen LogP contribution in [0.5, 0.6) is 0 Å². The van der Waals surface area contributed by atoms with Crippen molar-refractivity contribution < 1.29 is 4.42 Å². The van der Waals surface area contributed by atoms with E-state index in [1.54, 1.807) is 0 Å². The fourth-order valence-corrected chi connectivity index (χ4v) is 10.1. The van der Waals surface area contributed by atoms with Gasteiger partial charge in [-0.1, -0.05) is 147 Å². The van der Waals surface area contributed by atoms with Crippen molar-refractivity contribution in [3.8, 4) is 28.3 Å². The van der Waals surface area contributed by atoms with E-state index < -0.39 is 0 Å². The number of hydrogen-bond donors (Lipinski definition) is 0. The lowest BCUT2D eigenvalue weighted by molar-refractivity contribution is 0.354. The van der Waals surface area contributed by atoms with Crippen molar-refractivity contribution in [2.75, 3.05) is 0 Å². The Morgan fingerprint density at radius 3 is 2.13 bits per heavy atom. The molecule has 0 radical (unpaired) electrons. The number of para-hydroxylation sites is 1. The molecule has 7 aromatic carbocycles. The van der Waals surface area contributed by atoms with Crippen LogP contribution in [0.2, 0.25) is 0 Å². The summed E-state index contributed by atoms with van der Waals surface area (Å²) in [6.45, 7) is 0. The van der Waals surface area contributed by atoms with Crippen LogP contribution in [0.25, 0.3) is 93.8 Å². The van der Waals surface area contributed by atoms with Crippen LogP contribution in [-0.2, 0) is 5.41 Å². The minimum absolute atomic E-state index is 0.0942. The molecule has 10 aromatic rings. The van der Waals surface area contributed by atoms with Gasteiger partial charge in [-0.3, -0.25) is 4.57 Å². The summed E-state index contributed by atoms with van der Waals surface area (Å²) in [5, 5.41) is 8.52. The van der Waals surface area contributed by atoms with Gasteiger partial charge in [-0.05, 0) is 63.4 Å². The molecule has 1 saturated carbocycles. The summed E-state index contributed by atoms with van der Waals surface area (Å²) in [5.74, 6) is 0.675. The Hall–Kier alpha value is -6.26. The van der Waals surface area contributed by atoms with Crippen LogP contribution < -0.4 is 0 Å². The van der Waals surface area contributed by atoms with Crippen LogP contribution in [0.1, 0.15) is 43.2 Å². The average molecular weight is 668 g/mol. The second kappa shape index (κ2) is 10.4. The molecular weight excluding hydrogens is 635 g/mol. The van der Waals surface area contributed by atoms with Gasteiger partial charge in [-0.2, -0.15) is 0 Å². The van der Waals surface area contributed by atoms with E-state index in [1.165, 1.54) is 79.4 Å². The van der Waals surface area contributed by atoms with Crippen molar-refractivity contribution in [3.63, 3.8) is 0 Å². The molecule has 0 unspecified atom stereocenters. The van der Waals surface area contributed by atoms with Crippen molar-refractivity contribution in [1.82, 2.24) is 14.5 Å². The zero-order valence-electron chi connectivity index (χ0n) is 28.6. The first-order valence-corrected chi connectivity index (χ1v) is 18.6. The third kappa shape index (κ3) is 3.61. The average Bonchev–Trinajstić information content (AvgIpc) is 3.85. The van der Waals surface area contributed by atoms with Crippen molar-refractivity contribution in [1.29, 1.82) is 0 Å². The first-order chi connectivity index (χ1) is 25.8. The van der Waals surface area contributed by atoms with E-state index in [4.69, 9.17) is 14.4 Å². The standard InChI is InChI=1S/C48H33N3O/c1-3-16-30(17-4-1)42-46-43(35-22-10-12-24-38(35)52-46)50-47(49-42)51-44-31-18-6-5-15-29(31)25-26-36(44)40-33-20-8-7-19-32(33)39-34-21-9-11-23-37(34)48(41(39)45(40)51)27-13-2-14-28-48/h1,3-12,15-26H,2,13-14,27-28H2. The molecule has 4 nitrogen and oxygen atoms in total. The van der Waals surface area contributed by atoms with Crippen LogP contribution in [-0.4, -0.2) is 14.5 Å². The number of fused-ring (bicyclic) bond motifs is 17. The van der Waals surface area contributed by atoms with Crippen molar-refractivity contribution in [3.05, 3.63) is 151 Å². The third-order valence-corrected chi connectivity index (χ3v) is 12.2. The summed E-state index contributed by atoms with van der Waals surface area (Å²) >= 11 is 0. The Morgan fingerprint density at radius 1 is 0.558 bits per heavy atom. The zero-order chi connectivity index (χ0) is 34.0. The lowest BCUT2D eigenvalue weighted by Gasteiger charge is -2.36. The second-order valence-corrected chi connectivity index (χ2v) is 14.7. The highest BCUT2D eigenvalue weighted by Gasteiger charge is 2.47. The summed E-state index contributed by atoms with van der Waals surface area (Å²) in [4.78, 5) is 11.1. The van der Waals surface area contributed by atoms with Crippen LogP contribution in [0.4, 0.5) is 0 Å². The van der Waals surface area contributed by atoms with Gasteiger partial charge in [0.25, 0.3) is 0 Å². The van der Waals surface area contributed by atoms with Crippen LogP contribution >= 0.6 is 0 Å². The first kappa shape index (κ1) is 28.4. The molecule has 0 aliphatic heterocycles. The minimum Gasteiger partial charge on any atom is -0.452 e. The van der Waals surface area contributed by atoms with E-state index in [0.29, 0.717) is 11.5 Å². The molecule has 0 saturated heterocycles. The Balaban J connectivity index is 1.36. The highest BCUT2D eigenvalue weighted by Crippen LogP contribution is 2.61. The quantitative estimate of drug-likeness (QED) is 0.184. The van der Waals surface area contributed by atoms with Gasteiger partial charge in [0.1, 0.15) is 16.8 Å². The summed E-state index contributed by atoms with van der Waals surface area (Å²) < 4.78 is 9.04. The Bertz CT molecular complexity index is 3110. The van der Waals surface area contributed by atoms with E-state index in [1.807, 2.05) is 12.1 Å². The number of benzene rings is 7. The molecule has 1 fully saturated rings. The molecule has 0 N–H and O–H groups in total. The van der Waals surface area contributed by atoms with Gasteiger partial charge in [0.15, 0.2) is 5.58 Å². The summed E-state index contributed by atoms with van der Waals surface area (Å²) in [6, 6.07) is 50.4. The molecule has 2 aliphatic rings. The molecule has 0 amide bonds. The van der Waals surface area contributed by atoms with E-state index in [2.05, 4.69) is 132 Å². The predicted octanol–water partition coefficient (Wildman–Crippen LogP) is 12.7. The Kier molecular flexibility index (Phi) is 5.69. The summed E-state index contributed by atoms with van der Waals surface area (Å²) in [7, 11) is 0. The first-order valence-electron chi connectivity index (χ1n) is 18.6. The lowest BCUT2D eigenvalue weighted by Crippen LogP contribution is -2.28. The Morgan fingerprint density at radius 2 is 1.27 bits per heavy atom. The van der Waals surface area contributed by atoms with Crippen LogP contribution in [0, 0.1) is 0 Å². The highest BCUT2D eigenvalue weighted by atomic mass is 16.3. The third-order valence-electron chi connectivity index (χ3n) is 12.2. The molecule has 246 valence electrons. The maximum atomic E-state index is 6.59. The molecule has 2 aliphatic carbocycles. The molecular formula is C48H33N3O. The summed E-state index contributed by atoms with van der Waals surface area (Å²) in [6.07, 6.45) is 5.97. The van der Waals surface area contributed by atoms with E-state index in [-0.39, 0.29) is 5.41 Å². The molecule has 52 heavy (non-hydrogen) atoms. The van der Waals surface area contributed by atoms with E-state index >= 15 is 0 Å². The maximum absolute atomic E-state index is 6.59. The van der Waals surface area contributed by atoms with Gasteiger partial charge in [0.2, 0.25) is 5.95 Å². The largest absolute Gasteiger partial charge is 0.452 e. The number of furan rings is 1. The fourth-order valence-electron chi connectivity index (χ4n) is 10.1. The molecule has 3 heterocycles. The maximum Gasteiger partial charge on any atom is 0.236 e. The lowest BCUT2D eigenvalue weighted by atomic mass is 9.67. The monoisotopic (exact) mass is 667 g/mol. The van der Waals surface area contributed by atoms with Crippen molar-refractivity contribution in [2.45, 2.75) is 37.5 Å². The van der Waals surface area contributed by atoms with Gasteiger partial charge >= 0.3 is 0 Å². The van der Waals surface area contributed by atoms with Gasteiger partial charge in [-0.25, -0.2) is 9.97 Å². The number of rotatable bonds is 2. The molecule has 4 heteroatoms. The number of aromatic nitrogens is 3. The minimum atomic E-state index is -0.0942. The number of hydrogen-bond acceptors (Lipinski definition) is 3. The topological polar surface area (TPSA) is 43.9 Å². The van der Waals surface area contributed by atoms with E-state index in [0.717, 1.165) is 46.1 Å². The normalized spacial score (nSPS) is 15.1. The Labute approximate surface area is 300 Å². The number of nitrogens with zero attached hydrogens (tertiary/aromatic N) is 3. The molecule has 0 atom stereocenters. The fraction of sp³-hybridized carbons (Fsp3) is 0.125. The predicted molar refractivity (Wildman–Crippen MR) is 213 cm³/mol. The van der Waals surface area contributed by atoms with Gasteiger partial charge in [0, 0.05) is 32.5 Å². The highest BCUT2D eigenvalue weighted by molar-refractivity contribution is 6.30. The van der Waals surface area contributed by atoms with Gasteiger partial charge in [-0.15, -0.1) is 0 Å². The second-order valence-electron chi connectivity index (χ2n) is 14.7. The zero-order valence-corrected chi connectivity index (χ0v) is 28.6. The SMILES string of the molecule is c1ccc(-c2nc(-n3c4c5c(c6ccccc6c4c4ccc6ccccc6c43)-c3ccccc3C53CCCCC3)nc3c2oc2ccccc23)cc1. The van der Waals surface area contributed by atoms with Gasteiger partial charge < -0.3 is 4.42 Å². The summed E-state index contributed by atoms with van der Waals surface area (Å²) in [5.41, 5.74) is 12.2. The van der Waals surface area contributed by atoms with Crippen LogP contribution in [0.3, 0.4) is 0 Å². The molecule has 3 aromatic heterocycles. The van der Waals surface area contributed by atoms with Crippen molar-refractivity contribution in [2.24, 2.45) is 0 Å². The van der Waals surface area contributed by atoms with E-state index in [9.17, 15) is 0 Å². The molecule has 12 rings (SSSR count). The van der Waals surface area contributed by atoms with Crippen LogP contribution in [0.15, 0.2) is 144 Å². The molecule has 1 spiro atoms. The smallest absolute Gasteiger partial charge is 0.236 e.